The molecule has 6 aromatic rings. The average molecular weight is 496 g/mol. The molecule has 35 heavy (non-hydrogen) atoms. The van der Waals surface area contributed by atoms with Crippen LogP contribution in [0.15, 0.2) is 116 Å². The molecule has 0 spiro atoms. The molecule has 3 aromatic carbocycles. The normalized spacial score (nSPS) is 11.7. The van der Waals surface area contributed by atoms with Crippen molar-refractivity contribution in [3.63, 3.8) is 0 Å². The Morgan fingerprint density at radius 3 is 1.74 bits per heavy atom. The van der Waals surface area contributed by atoms with Crippen LogP contribution in [0.25, 0.3) is 16.9 Å². The van der Waals surface area contributed by atoms with Gasteiger partial charge in [0, 0.05) is 18.6 Å². The van der Waals surface area contributed by atoms with E-state index in [4.69, 9.17) is 28.3 Å². The van der Waals surface area contributed by atoms with Gasteiger partial charge in [0.25, 0.3) is 0 Å². The molecule has 0 aliphatic heterocycles. The summed E-state index contributed by atoms with van der Waals surface area (Å²) in [5.41, 5.74) is 4.52. The number of halogens is 2. The first-order valence-electron chi connectivity index (χ1n) is 11.1. The van der Waals surface area contributed by atoms with E-state index in [0.29, 0.717) is 16.0 Å². The van der Waals surface area contributed by atoms with Crippen LogP contribution in [0.2, 0.25) is 10.3 Å². The molecule has 7 heteroatoms. The molecule has 0 saturated heterocycles. The van der Waals surface area contributed by atoms with Gasteiger partial charge in [-0.3, -0.25) is 9.08 Å². The molecule has 0 radical (unpaired) electrons. The molecule has 0 aliphatic carbocycles. The third-order valence-electron chi connectivity index (χ3n) is 6.25. The van der Waals surface area contributed by atoms with E-state index < -0.39 is 5.54 Å². The first kappa shape index (κ1) is 21.6. The SMILES string of the molecule is Clc1nn(C(c2ccccc2)(c2ccccc2)c2ccccc2)cc1-c1cnc2c(Cl)nccn12. The summed E-state index contributed by atoms with van der Waals surface area (Å²) in [6, 6.07) is 31.0. The van der Waals surface area contributed by atoms with E-state index in [2.05, 4.69) is 46.4 Å². The van der Waals surface area contributed by atoms with Crippen molar-refractivity contribution in [3.8, 4) is 11.3 Å². The van der Waals surface area contributed by atoms with Crippen molar-refractivity contribution >= 4 is 28.8 Å². The molecule has 3 heterocycles. The molecule has 0 unspecified atom stereocenters. The van der Waals surface area contributed by atoms with Gasteiger partial charge in [0.1, 0.15) is 5.54 Å². The second-order valence-electron chi connectivity index (χ2n) is 8.14. The molecule has 0 bridgehead atoms. The van der Waals surface area contributed by atoms with Crippen LogP contribution in [0.5, 0.6) is 0 Å². The van der Waals surface area contributed by atoms with Crippen molar-refractivity contribution in [2.45, 2.75) is 5.54 Å². The number of imidazole rings is 1. The third-order valence-corrected chi connectivity index (χ3v) is 6.79. The summed E-state index contributed by atoms with van der Waals surface area (Å²) in [6.45, 7) is 0. The fraction of sp³-hybridized carbons (Fsp3) is 0.0357. The Kier molecular flexibility index (Phi) is 5.36. The van der Waals surface area contributed by atoms with Crippen molar-refractivity contribution in [2.24, 2.45) is 0 Å². The summed E-state index contributed by atoms with van der Waals surface area (Å²) in [7, 11) is 0. The Balaban J connectivity index is 1.67. The van der Waals surface area contributed by atoms with Gasteiger partial charge in [-0.05, 0) is 16.7 Å². The minimum atomic E-state index is -0.759. The van der Waals surface area contributed by atoms with E-state index in [1.165, 1.54) is 0 Å². The predicted octanol–water partition coefficient (Wildman–Crippen LogP) is 6.74. The van der Waals surface area contributed by atoms with Gasteiger partial charge in [-0.2, -0.15) is 5.10 Å². The Morgan fingerprint density at radius 2 is 1.20 bits per heavy atom. The first-order chi connectivity index (χ1) is 17.2. The molecule has 0 atom stereocenters. The molecule has 0 fully saturated rings. The fourth-order valence-electron chi connectivity index (χ4n) is 4.72. The van der Waals surface area contributed by atoms with Gasteiger partial charge in [-0.15, -0.1) is 0 Å². The highest BCUT2D eigenvalue weighted by Crippen LogP contribution is 2.42. The van der Waals surface area contributed by atoms with Gasteiger partial charge in [0.15, 0.2) is 16.0 Å². The van der Waals surface area contributed by atoms with E-state index in [-0.39, 0.29) is 0 Å². The number of hydrogen-bond donors (Lipinski definition) is 0. The van der Waals surface area contributed by atoms with Crippen LogP contribution >= 0.6 is 23.2 Å². The molecule has 0 N–H and O–H groups in total. The van der Waals surface area contributed by atoms with Crippen molar-refractivity contribution in [1.29, 1.82) is 0 Å². The Morgan fingerprint density at radius 1 is 0.657 bits per heavy atom. The standard InChI is InChI=1S/C28H19Cl2N5/c29-25-23(24-18-32-27-26(30)31-16-17-34(24)27)19-35(33-25)28(20-10-4-1-5-11-20,21-12-6-2-7-13-21)22-14-8-3-9-15-22/h1-19H. The average Bonchev–Trinajstić information content (AvgIpc) is 3.51. The highest BCUT2D eigenvalue weighted by molar-refractivity contribution is 6.32. The van der Waals surface area contributed by atoms with Gasteiger partial charge in [0.2, 0.25) is 0 Å². The molecular weight excluding hydrogens is 477 g/mol. The predicted molar refractivity (Wildman–Crippen MR) is 139 cm³/mol. The topological polar surface area (TPSA) is 48.0 Å². The van der Waals surface area contributed by atoms with Gasteiger partial charge >= 0.3 is 0 Å². The minimum Gasteiger partial charge on any atom is -0.295 e. The third kappa shape index (κ3) is 3.43. The number of nitrogens with zero attached hydrogens (tertiary/aromatic N) is 5. The quantitative estimate of drug-likeness (QED) is 0.249. The van der Waals surface area contributed by atoms with E-state index in [1.54, 1.807) is 12.4 Å². The summed E-state index contributed by atoms with van der Waals surface area (Å²) in [6.07, 6.45) is 7.18. The van der Waals surface area contributed by atoms with Crippen molar-refractivity contribution < 1.29 is 0 Å². The van der Waals surface area contributed by atoms with Crippen LogP contribution in [0.3, 0.4) is 0 Å². The zero-order chi connectivity index (χ0) is 23.8. The monoisotopic (exact) mass is 495 g/mol. The molecule has 0 saturated carbocycles. The highest BCUT2D eigenvalue weighted by atomic mass is 35.5. The smallest absolute Gasteiger partial charge is 0.175 e. The lowest BCUT2D eigenvalue weighted by molar-refractivity contribution is 0.460. The molecule has 5 nitrogen and oxygen atoms in total. The van der Waals surface area contributed by atoms with Gasteiger partial charge in [-0.1, -0.05) is 114 Å². The maximum Gasteiger partial charge on any atom is 0.175 e. The Bertz CT molecular complexity index is 1510. The number of rotatable bonds is 5. The largest absolute Gasteiger partial charge is 0.295 e. The maximum atomic E-state index is 6.82. The summed E-state index contributed by atoms with van der Waals surface area (Å²) >= 11 is 13.1. The Labute approximate surface area is 212 Å². The molecule has 170 valence electrons. The van der Waals surface area contributed by atoms with Gasteiger partial charge in [-0.25, -0.2) is 9.97 Å². The lowest BCUT2D eigenvalue weighted by Gasteiger charge is -2.36. The summed E-state index contributed by atoms with van der Waals surface area (Å²) in [5.74, 6) is 0. The van der Waals surface area contributed by atoms with Crippen LogP contribution in [0, 0.1) is 0 Å². The van der Waals surface area contributed by atoms with Crippen LogP contribution < -0.4 is 0 Å². The zero-order valence-electron chi connectivity index (χ0n) is 18.5. The van der Waals surface area contributed by atoms with Gasteiger partial charge < -0.3 is 0 Å². The first-order valence-corrected chi connectivity index (χ1v) is 11.9. The van der Waals surface area contributed by atoms with Gasteiger partial charge in [0.05, 0.1) is 17.5 Å². The van der Waals surface area contributed by atoms with Crippen molar-refractivity contribution in [3.05, 3.63) is 143 Å². The zero-order valence-corrected chi connectivity index (χ0v) is 20.0. The van der Waals surface area contributed by atoms with Crippen molar-refractivity contribution in [2.75, 3.05) is 0 Å². The number of fused-ring (bicyclic) bond motifs is 1. The Hall–Kier alpha value is -3.93. The number of benzene rings is 3. The second kappa shape index (κ2) is 8.69. The molecular formula is C28H19Cl2N5. The van der Waals surface area contributed by atoms with Crippen LogP contribution in [0.4, 0.5) is 0 Å². The number of hydrogen-bond acceptors (Lipinski definition) is 3. The fourth-order valence-corrected chi connectivity index (χ4v) is 5.14. The summed E-state index contributed by atoms with van der Waals surface area (Å²) in [4.78, 5) is 8.58. The lowest BCUT2D eigenvalue weighted by atomic mass is 9.77. The highest BCUT2D eigenvalue weighted by Gasteiger charge is 2.40. The van der Waals surface area contributed by atoms with E-state index in [1.807, 2.05) is 76.1 Å². The van der Waals surface area contributed by atoms with Crippen LogP contribution in [-0.4, -0.2) is 24.1 Å². The molecule has 3 aromatic heterocycles. The van der Waals surface area contributed by atoms with Crippen LogP contribution in [0.1, 0.15) is 16.7 Å². The van der Waals surface area contributed by atoms with E-state index in [0.717, 1.165) is 27.9 Å². The van der Waals surface area contributed by atoms with E-state index >= 15 is 0 Å². The second-order valence-corrected chi connectivity index (χ2v) is 8.86. The molecule has 0 aliphatic rings. The van der Waals surface area contributed by atoms with E-state index in [9.17, 15) is 0 Å². The van der Waals surface area contributed by atoms with Crippen molar-refractivity contribution in [1.82, 2.24) is 24.1 Å². The molecule has 0 amide bonds. The number of aromatic nitrogens is 5. The summed E-state index contributed by atoms with van der Waals surface area (Å²) < 4.78 is 3.82. The minimum absolute atomic E-state index is 0.328. The maximum absolute atomic E-state index is 6.82. The lowest BCUT2D eigenvalue weighted by Crippen LogP contribution is -2.38. The molecule has 6 rings (SSSR count). The summed E-state index contributed by atoms with van der Waals surface area (Å²) in [5, 5.41) is 5.59. The van der Waals surface area contributed by atoms with Crippen LogP contribution in [-0.2, 0) is 5.54 Å².